The highest BCUT2D eigenvalue weighted by molar-refractivity contribution is 6.03. The number of hydrogen-bond acceptors (Lipinski definition) is 5. The van der Waals surface area contributed by atoms with Gasteiger partial charge in [0.15, 0.2) is 0 Å². The van der Waals surface area contributed by atoms with Gasteiger partial charge in [-0.15, -0.1) is 0 Å². The Labute approximate surface area is 160 Å². The van der Waals surface area contributed by atoms with Gasteiger partial charge in [0.25, 0.3) is 5.91 Å². The molecule has 8 heteroatoms. The number of rotatable bonds is 6. The van der Waals surface area contributed by atoms with E-state index in [2.05, 4.69) is 15.6 Å². The monoisotopic (exact) mass is 385 g/mol. The van der Waals surface area contributed by atoms with E-state index >= 15 is 0 Å². The number of carbonyl (C=O) groups excluding carboxylic acids is 1. The molecule has 6 nitrogen and oxygen atoms in total. The Morgan fingerprint density at radius 3 is 2.43 bits per heavy atom. The number of halogens is 2. The molecule has 1 heterocycles. The normalized spacial score (nSPS) is 10.3. The van der Waals surface area contributed by atoms with Gasteiger partial charge in [-0.2, -0.15) is 0 Å². The van der Waals surface area contributed by atoms with Crippen LogP contribution in [0.25, 0.3) is 0 Å². The van der Waals surface area contributed by atoms with Crippen molar-refractivity contribution in [1.29, 1.82) is 0 Å². The van der Waals surface area contributed by atoms with E-state index in [9.17, 15) is 13.6 Å². The molecule has 0 bridgehead atoms. The van der Waals surface area contributed by atoms with Crippen molar-refractivity contribution in [3.05, 3.63) is 72.1 Å². The highest BCUT2D eigenvalue weighted by Crippen LogP contribution is 2.31. The number of benzene rings is 2. The number of aromatic nitrogens is 1. The second kappa shape index (κ2) is 8.34. The fourth-order valence-corrected chi connectivity index (χ4v) is 2.48. The summed E-state index contributed by atoms with van der Waals surface area (Å²) in [6, 6.07) is 11.6. The van der Waals surface area contributed by atoms with Gasteiger partial charge >= 0.3 is 0 Å². The summed E-state index contributed by atoms with van der Waals surface area (Å²) in [5.74, 6) is -1.31. The number of ether oxygens (including phenoxy) is 2. The van der Waals surface area contributed by atoms with Crippen LogP contribution in [0.1, 0.15) is 10.5 Å². The number of methoxy groups -OCH3 is 2. The Balaban J connectivity index is 1.82. The summed E-state index contributed by atoms with van der Waals surface area (Å²) in [6.45, 7) is 0. The molecule has 3 aromatic rings. The van der Waals surface area contributed by atoms with Crippen LogP contribution in [0.4, 0.5) is 25.8 Å². The van der Waals surface area contributed by atoms with Crippen LogP contribution in [-0.4, -0.2) is 25.1 Å². The summed E-state index contributed by atoms with van der Waals surface area (Å²) in [5.41, 5.74) is 0.642. The van der Waals surface area contributed by atoms with Crippen molar-refractivity contribution in [3.63, 3.8) is 0 Å². The standard InChI is InChI=1S/C20H17F2N3O3/c1-27-13-6-7-16(18(11-13)28-2)24-12-8-9-23-17(10-12)20(26)25-19-14(21)4-3-5-15(19)22/h3-11H,1-2H3,(H,23,24)(H,25,26). The molecular weight excluding hydrogens is 368 g/mol. The van der Waals surface area contributed by atoms with Gasteiger partial charge < -0.3 is 20.1 Å². The predicted molar refractivity (Wildman–Crippen MR) is 101 cm³/mol. The first kappa shape index (κ1) is 19.1. The molecule has 28 heavy (non-hydrogen) atoms. The third-order valence-corrected chi connectivity index (χ3v) is 3.88. The van der Waals surface area contributed by atoms with Crippen LogP contribution in [0.2, 0.25) is 0 Å². The Morgan fingerprint density at radius 1 is 1.00 bits per heavy atom. The summed E-state index contributed by atoms with van der Waals surface area (Å²) < 4.78 is 37.9. The molecular formula is C20H17F2N3O3. The van der Waals surface area contributed by atoms with E-state index in [1.54, 1.807) is 31.4 Å². The van der Waals surface area contributed by atoms with E-state index in [0.29, 0.717) is 22.9 Å². The van der Waals surface area contributed by atoms with Crippen LogP contribution in [0.15, 0.2) is 54.7 Å². The number of nitrogens with zero attached hydrogens (tertiary/aromatic N) is 1. The van der Waals surface area contributed by atoms with E-state index in [0.717, 1.165) is 12.1 Å². The molecule has 1 aromatic heterocycles. The molecule has 0 fully saturated rings. The van der Waals surface area contributed by atoms with Crippen LogP contribution >= 0.6 is 0 Å². The summed E-state index contributed by atoms with van der Waals surface area (Å²) in [5, 5.41) is 5.31. The van der Waals surface area contributed by atoms with Gasteiger partial charge in [-0.3, -0.25) is 9.78 Å². The summed E-state index contributed by atoms with van der Waals surface area (Å²) in [6.07, 6.45) is 1.41. The van der Waals surface area contributed by atoms with Crippen molar-refractivity contribution < 1.29 is 23.0 Å². The zero-order valence-corrected chi connectivity index (χ0v) is 15.1. The maximum absolute atomic E-state index is 13.7. The molecule has 1 amide bonds. The minimum absolute atomic E-state index is 0.0138. The van der Waals surface area contributed by atoms with Crippen LogP contribution < -0.4 is 20.1 Å². The molecule has 2 aromatic carbocycles. The van der Waals surface area contributed by atoms with Gasteiger partial charge in [0.2, 0.25) is 0 Å². The molecule has 2 N–H and O–H groups in total. The number of amides is 1. The molecule has 0 spiro atoms. The highest BCUT2D eigenvalue weighted by Gasteiger charge is 2.15. The zero-order valence-electron chi connectivity index (χ0n) is 15.1. The smallest absolute Gasteiger partial charge is 0.274 e. The second-order valence-corrected chi connectivity index (χ2v) is 5.67. The number of carbonyl (C=O) groups is 1. The Hall–Kier alpha value is -3.68. The molecule has 0 aliphatic rings. The van der Waals surface area contributed by atoms with Crippen LogP contribution in [0.3, 0.4) is 0 Å². The molecule has 3 rings (SSSR count). The second-order valence-electron chi connectivity index (χ2n) is 5.67. The van der Waals surface area contributed by atoms with Crippen molar-refractivity contribution in [3.8, 4) is 11.5 Å². The molecule has 0 saturated heterocycles. The van der Waals surface area contributed by atoms with Gasteiger partial charge in [0, 0.05) is 18.0 Å². The van der Waals surface area contributed by atoms with Crippen molar-refractivity contribution >= 4 is 23.0 Å². The minimum Gasteiger partial charge on any atom is -0.497 e. The first-order valence-corrected chi connectivity index (χ1v) is 8.22. The lowest BCUT2D eigenvalue weighted by molar-refractivity contribution is 0.102. The molecule has 0 radical (unpaired) electrons. The summed E-state index contributed by atoms with van der Waals surface area (Å²) >= 11 is 0. The van der Waals surface area contributed by atoms with Gasteiger partial charge in [-0.1, -0.05) is 6.07 Å². The Bertz CT molecular complexity index is 991. The van der Waals surface area contributed by atoms with E-state index in [1.165, 1.54) is 25.4 Å². The molecule has 144 valence electrons. The van der Waals surface area contributed by atoms with Crippen LogP contribution in [0.5, 0.6) is 11.5 Å². The van der Waals surface area contributed by atoms with Crippen molar-refractivity contribution in [1.82, 2.24) is 4.98 Å². The number of anilines is 3. The molecule has 0 aliphatic carbocycles. The fraction of sp³-hybridized carbons (Fsp3) is 0.100. The fourth-order valence-electron chi connectivity index (χ4n) is 2.48. The largest absolute Gasteiger partial charge is 0.497 e. The number of nitrogens with one attached hydrogen (secondary N) is 2. The van der Waals surface area contributed by atoms with Crippen molar-refractivity contribution in [2.24, 2.45) is 0 Å². The van der Waals surface area contributed by atoms with Gasteiger partial charge in [-0.25, -0.2) is 8.78 Å². The average Bonchev–Trinajstić information content (AvgIpc) is 2.71. The highest BCUT2D eigenvalue weighted by atomic mass is 19.1. The first-order chi connectivity index (χ1) is 13.5. The number of hydrogen-bond donors (Lipinski definition) is 2. The van der Waals surface area contributed by atoms with E-state index in [1.807, 2.05) is 0 Å². The predicted octanol–water partition coefficient (Wildman–Crippen LogP) is 4.37. The molecule has 0 atom stereocenters. The summed E-state index contributed by atoms with van der Waals surface area (Å²) in [7, 11) is 3.07. The zero-order chi connectivity index (χ0) is 20.1. The lowest BCUT2D eigenvalue weighted by atomic mass is 10.2. The third-order valence-electron chi connectivity index (χ3n) is 3.88. The Kier molecular flexibility index (Phi) is 5.69. The topological polar surface area (TPSA) is 72.5 Å². The molecule has 0 aliphatic heterocycles. The minimum atomic E-state index is -0.870. The lowest BCUT2D eigenvalue weighted by Gasteiger charge is -2.13. The van der Waals surface area contributed by atoms with E-state index < -0.39 is 23.2 Å². The van der Waals surface area contributed by atoms with Gasteiger partial charge in [0.05, 0.1) is 19.9 Å². The van der Waals surface area contributed by atoms with Crippen LogP contribution in [-0.2, 0) is 0 Å². The number of pyridine rings is 1. The van der Waals surface area contributed by atoms with Crippen molar-refractivity contribution in [2.45, 2.75) is 0 Å². The first-order valence-electron chi connectivity index (χ1n) is 8.22. The number of para-hydroxylation sites is 1. The van der Waals surface area contributed by atoms with Crippen LogP contribution in [0, 0.1) is 11.6 Å². The maximum Gasteiger partial charge on any atom is 0.274 e. The third kappa shape index (κ3) is 4.17. The van der Waals surface area contributed by atoms with Crippen molar-refractivity contribution in [2.75, 3.05) is 24.9 Å². The van der Waals surface area contributed by atoms with Gasteiger partial charge in [-0.05, 0) is 36.4 Å². The Morgan fingerprint density at radius 2 is 1.75 bits per heavy atom. The van der Waals surface area contributed by atoms with E-state index in [4.69, 9.17) is 9.47 Å². The average molecular weight is 385 g/mol. The lowest BCUT2D eigenvalue weighted by Crippen LogP contribution is -2.16. The van der Waals surface area contributed by atoms with E-state index in [-0.39, 0.29) is 5.69 Å². The summed E-state index contributed by atoms with van der Waals surface area (Å²) in [4.78, 5) is 16.3. The SMILES string of the molecule is COc1ccc(Nc2ccnc(C(=O)Nc3c(F)cccc3F)c2)c(OC)c1. The quantitative estimate of drug-likeness (QED) is 0.659. The molecule has 0 unspecified atom stereocenters. The van der Waals surface area contributed by atoms with Gasteiger partial charge in [0.1, 0.15) is 34.5 Å². The maximum atomic E-state index is 13.7. The molecule has 0 saturated carbocycles.